The molecule has 2 heteroatoms. The highest BCUT2D eigenvalue weighted by Crippen LogP contribution is 2.38. The largest absolute Gasteiger partial charge is 0.353 e. The highest BCUT2D eigenvalue weighted by atomic mass is 16.7. The SMILES string of the molecule is C=C[C@H]1CC(OCCCC)O[C@@H]1C1CCCCC1. The van der Waals surface area contributed by atoms with Crippen molar-refractivity contribution in [2.45, 2.75) is 70.7 Å². The molecule has 18 heavy (non-hydrogen) atoms. The van der Waals surface area contributed by atoms with Crippen LogP contribution in [0.15, 0.2) is 12.7 Å². The Balaban J connectivity index is 1.83. The van der Waals surface area contributed by atoms with Gasteiger partial charge in [-0.1, -0.05) is 38.7 Å². The summed E-state index contributed by atoms with van der Waals surface area (Å²) in [5, 5.41) is 0. The molecule has 0 aromatic rings. The van der Waals surface area contributed by atoms with Crippen LogP contribution < -0.4 is 0 Å². The van der Waals surface area contributed by atoms with E-state index < -0.39 is 0 Å². The Bertz CT molecular complexity index is 245. The highest BCUT2D eigenvalue weighted by molar-refractivity contribution is 4.94. The van der Waals surface area contributed by atoms with E-state index in [9.17, 15) is 0 Å². The van der Waals surface area contributed by atoms with E-state index in [1.54, 1.807) is 0 Å². The quantitative estimate of drug-likeness (QED) is 0.518. The van der Waals surface area contributed by atoms with Crippen LogP contribution in [0.5, 0.6) is 0 Å². The van der Waals surface area contributed by atoms with E-state index >= 15 is 0 Å². The van der Waals surface area contributed by atoms with E-state index in [0.717, 1.165) is 25.4 Å². The summed E-state index contributed by atoms with van der Waals surface area (Å²) in [5.41, 5.74) is 0. The fraction of sp³-hybridized carbons (Fsp3) is 0.875. The normalized spacial score (nSPS) is 33.7. The first kappa shape index (κ1) is 14.1. The summed E-state index contributed by atoms with van der Waals surface area (Å²) in [4.78, 5) is 0. The molecule has 0 amide bonds. The molecular formula is C16H28O2. The molecule has 1 aliphatic carbocycles. The molecule has 1 aliphatic heterocycles. The Labute approximate surface area is 112 Å². The van der Waals surface area contributed by atoms with Gasteiger partial charge in [-0.3, -0.25) is 0 Å². The molecule has 3 atom stereocenters. The number of rotatable bonds is 6. The molecule has 2 aliphatic rings. The lowest BCUT2D eigenvalue weighted by Gasteiger charge is -2.29. The third-order valence-electron chi connectivity index (χ3n) is 4.41. The summed E-state index contributed by atoms with van der Waals surface area (Å²) in [5.74, 6) is 1.24. The van der Waals surface area contributed by atoms with Gasteiger partial charge in [0.05, 0.1) is 6.10 Å². The van der Waals surface area contributed by atoms with Crippen molar-refractivity contribution >= 4 is 0 Å². The molecule has 1 unspecified atom stereocenters. The third kappa shape index (κ3) is 3.58. The van der Waals surface area contributed by atoms with E-state index in [1.807, 2.05) is 0 Å². The number of ether oxygens (including phenoxy) is 2. The van der Waals surface area contributed by atoms with Crippen LogP contribution in [0, 0.1) is 11.8 Å². The molecule has 1 saturated heterocycles. The van der Waals surface area contributed by atoms with Crippen LogP contribution in [0.3, 0.4) is 0 Å². The maximum atomic E-state index is 6.16. The predicted molar refractivity (Wildman–Crippen MR) is 74.4 cm³/mol. The Kier molecular flexibility index (Phi) is 5.71. The van der Waals surface area contributed by atoms with Gasteiger partial charge < -0.3 is 9.47 Å². The Hall–Kier alpha value is -0.340. The minimum atomic E-state index is 0.0199. The van der Waals surface area contributed by atoms with Crippen molar-refractivity contribution in [2.24, 2.45) is 11.8 Å². The zero-order valence-electron chi connectivity index (χ0n) is 11.8. The first-order valence-corrected chi connectivity index (χ1v) is 7.74. The molecule has 1 saturated carbocycles. The van der Waals surface area contributed by atoms with Crippen LogP contribution in [0.25, 0.3) is 0 Å². The summed E-state index contributed by atoms with van der Waals surface area (Å²) >= 11 is 0. The molecule has 0 aromatic carbocycles. The molecule has 0 radical (unpaired) electrons. The topological polar surface area (TPSA) is 18.5 Å². The number of unbranched alkanes of at least 4 members (excludes halogenated alkanes) is 1. The van der Waals surface area contributed by atoms with E-state index in [4.69, 9.17) is 9.47 Å². The first-order valence-electron chi connectivity index (χ1n) is 7.74. The van der Waals surface area contributed by atoms with Crippen molar-refractivity contribution in [1.29, 1.82) is 0 Å². The molecule has 104 valence electrons. The average Bonchev–Trinajstić information content (AvgIpc) is 2.83. The van der Waals surface area contributed by atoms with Crippen molar-refractivity contribution in [3.8, 4) is 0 Å². The molecule has 2 nitrogen and oxygen atoms in total. The molecule has 2 fully saturated rings. The second-order valence-electron chi connectivity index (χ2n) is 5.79. The van der Waals surface area contributed by atoms with Crippen LogP contribution >= 0.6 is 0 Å². The second kappa shape index (κ2) is 7.30. The smallest absolute Gasteiger partial charge is 0.158 e. The standard InChI is InChI=1S/C16H28O2/c1-3-5-11-17-15-12-13(4-2)16(18-15)14-9-7-6-8-10-14/h4,13-16H,2-3,5-12H2,1H3/t13-,15?,16-/m0/s1. The minimum Gasteiger partial charge on any atom is -0.353 e. The van der Waals surface area contributed by atoms with E-state index in [-0.39, 0.29) is 6.29 Å². The van der Waals surface area contributed by atoms with Crippen molar-refractivity contribution in [3.05, 3.63) is 12.7 Å². The van der Waals surface area contributed by atoms with Gasteiger partial charge in [-0.15, -0.1) is 6.58 Å². The van der Waals surface area contributed by atoms with Gasteiger partial charge >= 0.3 is 0 Å². The van der Waals surface area contributed by atoms with Gasteiger partial charge in [0.25, 0.3) is 0 Å². The Morgan fingerprint density at radius 2 is 2.06 bits per heavy atom. The summed E-state index contributed by atoms with van der Waals surface area (Å²) in [6.07, 6.45) is 12.6. The summed E-state index contributed by atoms with van der Waals surface area (Å²) in [6, 6.07) is 0. The predicted octanol–water partition coefficient (Wildman–Crippen LogP) is 4.30. The first-order chi connectivity index (χ1) is 8.85. The minimum absolute atomic E-state index is 0.0199. The number of hydrogen-bond acceptors (Lipinski definition) is 2. The van der Waals surface area contributed by atoms with Gasteiger partial charge in [0, 0.05) is 18.9 Å². The van der Waals surface area contributed by atoms with Crippen molar-refractivity contribution in [2.75, 3.05) is 6.61 Å². The van der Waals surface area contributed by atoms with E-state index in [0.29, 0.717) is 12.0 Å². The lowest BCUT2D eigenvalue weighted by Crippen LogP contribution is -2.28. The lowest BCUT2D eigenvalue weighted by atomic mass is 9.80. The van der Waals surface area contributed by atoms with Crippen LogP contribution in [0.1, 0.15) is 58.3 Å². The molecule has 0 N–H and O–H groups in total. The molecule has 0 bridgehead atoms. The van der Waals surface area contributed by atoms with Crippen molar-refractivity contribution < 1.29 is 9.47 Å². The fourth-order valence-electron chi connectivity index (χ4n) is 3.31. The van der Waals surface area contributed by atoms with E-state index in [1.165, 1.54) is 38.5 Å². The summed E-state index contributed by atoms with van der Waals surface area (Å²) < 4.78 is 12.0. The lowest BCUT2D eigenvalue weighted by molar-refractivity contribution is -0.147. The van der Waals surface area contributed by atoms with Crippen LogP contribution in [-0.2, 0) is 9.47 Å². The zero-order valence-corrected chi connectivity index (χ0v) is 11.8. The third-order valence-corrected chi connectivity index (χ3v) is 4.41. The van der Waals surface area contributed by atoms with Gasteiger partial charge in [0.2, 0.25) is 0 Å². The monoisotopic (exact) mass is 252 g/mol. The Morgan fingerprint density at radius 1 is 1.28 bits per heavy atom. The summed E-state index contributed by atoms with van der Waals surface area (Å²) in [6.45, 7) is 7.01. The van der Waals surface area contributed by atoms with Crippen molar-refractivity contribution in [3.63, 3.8) is 0 Å². The maximum absolute atomic E-state index is 6.16. The molecule has 1 heterocycles. The van der Waals surface area contributed by atoms with Crippen LogP contribution in [-0.4, -0.2) is 19.0 Å². The summed E-state index contributed by atoms with van der Waals surface area (Å²) in [7, 11) is 0. The second-order valence-corrected chi connectivity index (χ2v) is 5.79. The van der Waals surface area contributed by atoms with Gasteiger partial charge in [-0.25, -0.2) is 0 Å². The van der Waals surface area contributed by atoms with Crippen molar-refractivity contribution in [1.82, 2.24) is 0 Å². The van der Waals surface area contributed by atoms with Crippen LogP contribution in [0.2, 0.25) is 0 Å². The average molecular weight is 252 g/mol. The van der Waals surface area contributed by atoms with E-state index in [2.05, 4.69) is 19.6 Å². The number of hydrogen-bond donors (Lipinski definition) is 0. The zero-order chi connectivity index (χ0) is 12.8. The van der Waals surface area contributed by atoms with Crippen LogP contribution in [0.4, 0.5) is 0 Å². The highest BCUT2D eigenvalue weighted by Gasteiger charge is 2.39. The fourth-order valence-corrected chi connectivity index (χ4v) is 3.31. The molecule has 2 rings (SSSR count). The van der Waals surface area contributed by atoms with Gasteiger partial charge in [0.1, 0.15) is 0 Å². The molecular weight excluding hydrogens is 224 g/mol. The molecule has 0 aromatic heterocycles. The Morgan fingerprint density at radius 3 is 2.72 bits per heavy atom. The van der Waals surface area contributed by atoms with Gasteiger partial charge in [0.15, 0.2) is 6.29 Å². The maximum Gasteiger partial charge on any atom is 0.158 e. The van der Waals surface area contributed by atoms with Gasteiger partial charge in [-0.05, 0) is 25.2 Å². The van der Waals surface area contributed by atoms with Gasteiger partial charge in [-0.2, -0.15) is 0 Å². The molecule has 0 spiro atoms.